The molecule has 0 aromatic heterocycles. The summed E-state index contributed by atoms with van der Waals surface area (Å²) in [4.78, 5) is 18.6. The first-order chi connectivity index (χ1) is 10.7. The van der Waals surface area contributed by atoms with Crippen molar-refractivity contribution in [3.05, 3.63) is 0 Å². The molecule has 0 atom stereocenters. The Labute approximate surface area is 140 Å². The lowest BCUT2D eigenvalue weighted by Crippen LogP contribution is -2.56. The quantitative estimate of drug-likeness (QED) is 0.849. The number of likely N-dealkylation sites (tertiary alicyclic amines) is 1. The molecule has 0 bridgehead atoms. The molecule has 134 valence electrons. The molecule has 6 heteroatoms. The molecule has 0 aromatic rings. The number of likely N-dealkylation sites (N-methyl/N-ethyl adjacent to an activating group) is 1. The van der Waals surface area contributed by atoms with E-state index in [1.807, 2.05) is 20.8 Å². The Bertz CT molecular complexity index is 392. The number of amides is 1. The second-order valence-electron chi connectivity index (χ2n) is 7.90. The number of carbonyl (C=O) groups is 1. The Morgan fingerprint density at radius 3 is 2.04 bits per heavy atom. The van der Waals surface area contributed by atoms with Crippen molar-refractivity contribution in [1.82, 2.24) is 14.7 Å². The van der Waals surface area contributed by atoms with Gasteiger partial charge in [-0.1, -0.05) is 6.92 Å². The molecule has 0 aromatic carbocycles. The summed E-state index contributed by atoms with van der Waals surface area (Å²) in [5, 5.41) is 10.8. The van der Waals surface area contributed by atoms with Gasteiger partial charge in [-0.2, -0.15) is 0 Å². The van der Waals surface area contributed by atoms with Gasteiger partial charge in [-0.05, 0) is 40.2 Å². The van der Waals surface area contributed by atoms with Crippen LogP contribution in [0.25, 0.3) is 0 Å². The zero-order valence-corrected chi connectivity index (χ0v) is 15.2. The number of piperidine rings is 1. The van der Waals surface area contributed by atoms with Crippen molar-refractivity contribution in [3.8, 4) is 0 Å². The molecular weight excluding hydrogens is 294 g/mol. The van der Waals surface area contributed by atoms with Gasteiger partial charge in [-0.25, -0.2) is 4.79 Å². The maximum absolute atomic E-state index is 12.1. The van der Waals surface area contributed by atoms with Gasteiger partial charge in [0.1, 0.15) is 5.60 Å². The zero-order chi connectivity index (χ0) is 17.1. The van der Waals surface area contributed by atoms with Crippen LogP contribution in [-0.4, -0.2) is 89.5 Å². The minimum absolute atomic E-state index is 0.267. The molecule has 0 aliphatic carbocycles. The van der Waals surface area contributed by atoms with Gasteiger partial charge in [0.05, 0.1) is 5.60 Å². The van der Waals surface area contributed by atoms with Crippen molar-refractivity contribution in [3.63, 3.8) is 0 Å². The Morgan fingerprint density at radius 1 is 1.04 bits per heavy atom. The van der Waals surface area contributed by atoms with Crippen molar-refractivity contribution in [2.75, 3.05) is 52.4 Å². The lowest BCUT2D eigenvalue weighted by atomic mass is 9.90. The van der Waals surface area contributed by atoms with Crippen LogP contribution in [0.4, 0.5) is 4.79 Å². The molecule has 1 amide bonds. The van der Waals surface area contributed by atoms with Crippen molar-refractivity contribution in [1.29, 1.82) is 0 Å². The normalized spacial score (nSPS) is 23.8. The summed E-state index contributed by atoms with van der Waals surface area (Å²) in [7, 11) is 0. The van der Waals surface area contributed by atoms with Gasteiger partial charge < -0.3 is 19.6 Å². The van der Waals surface area contributed by atoms with E-state index in [9.17, 15) is 9.90 Å². The molecule has 0 saturated carbocycles. The van der Waals surface area contributed by atoms with E-state index in [-0.39, 0.29) is 6.09 Å². The fourth-order valence-corrected chi connectivity index (χ4v) is 3.27. The van der Waals surface area contributed by atoms with E-state index in [1.165, 1.54) is 0 Å². The van der Waals surface area contributed by atoms with Crippen molar-refractivity contribution >= 4 is 6.09 Å². The van der Waals surface area contributed by atoms with Crippen LogP contribution in [0.1, 0.15) is 40.5 Å². The van der Waals surface area contributed by atoms with Crippen LogP contribution in [-0.2, 0) is 4.74 Å². The van der Waals surface area contributed by atoms with E-state index in [0.29, 0.717) is 32.5 Å². The summed E-state index contributed by atoms with van der Waals surface area (Å²) in [5.74, 6) is 0. The van der Waals surface area contributed by atoms with Crippen LogP contribution in [0.2, 0.25) is 0 Å². The summed E-state index contributed by atoms with van der Waals surface area (Å²) < 4.78 is 5.41. The standard InChI is InChI=1S/C17H33N3O3/c1-5-18-10-12-19(13-11-18)14-17(22)6-8-20(9-7-17)15(21)23-16(2,3)4/h22H,5-14H2,1-4H3. The molecule has 2 rings (SSSR count). The van der Waals surface area contributed by atoms with Gasteiger partial charge in [-0.15, -0.1) is 0 Å². The Kier molecular flexibility index (Phi) is 5.92. The second kappa shape index (κ2) is 7.36. The highest BCUT2D eigenvalue weighted by Gasteiger charge is 2.37. The summed E-state index contributed by atoms with van der Waals surface area (Å²) in [6.45, 7) is 15.0. The highest BCUT2D eigenvalue weighted by Crippen LogP contribution is 2.25. The second-order valence-corrected chi connectivity index (χ2v) is 7.90. The maximum Gasteiger partial charge on any atom is 0.410 e. The SMILES string of the molecule is CCN1CCN(CC2(O)CCN(C(=O)OC(C)(C)C)CC2)CC1. The number of rotatable bonds is 3. The van der Waals surface area contributed by atoms with Crippen LogP contribution < -0.4 is 0 Å². The lowest BCUT2D eigenvalue weighted by molar-refractivity contribution is -0.0556. The average Bonchev–Trinajstić information content (AvgIpc) is 2.46. The largest absolute Gasteiger partial charge is 0.444 e. The van der Waals surface area contributed by atoms with Crippen LogP contribution in [0, 0.1) is 0 Å². The molecule has 2 fully saturated rings. The summed E-state index contributed by atoms with van der Waals surface area (Å²) in [5.41, 5.74) is -1.14. The fraction of sp³-hybridized carbons (Fsp3) is 0.941. The zero-order valence-electron chi connectivity index (χ0n) is 15.2. The van der Waals surface area contributed by atoms with Crippen molar-refractivity contribution in [2.24, 2.45) is 0 Å². The molecular formula is C17H33N3O3. The topological polar surface area (TPSA) is 56.2 Å². The van der Waals surface area contributed by atoms with E-state index in [4.69, 9.17) is 4.74 Å². The van der Waals surface area contributed by atoms with Gasteiger partial charge in [0.2, 0.25) is 0 Å². The number of hydrogen-bond acceptors (Lipinski definition) is 5. The fourth-order valence-electron chi connectivity index (χ4n) is 3.27. The predicted octanol–water partition coefficient (Wildman–Crippen LogP) is 1.39. The van der Waals surface area contributed by atoms with E-state index in [1.54, 1.807) is 4.90 Å². The number of carbonyl (C=O) groups excluding carboxylic acids is 1. The first kappa shape index (κ1) is 18.5. The minimum atomic E-state index is -0.674. The predicted molar refractivity (Wildman–Crippen MR) is 90.5 cm³/mol. The third-order valence-electron chi connectivity index (χ3n) is 4.78. The van der Waals surface area contributed by atoms with Crippen molar-refractivity contribution in [2.45, 2.75) is 51.7 Å². The molecule has 2 saturated heterocycles. The molecule has 2 aliphatic rings. The summed E-state index contributed by atoms with van der Waals surface area (Å²) >= 11 is 0. The molecule has 1 N–H and O–H groups in total. The van der Waals surface area contributed by atoms with E-state index in [2.05, 4.69) is 16.7 Å². The highest BCUT2D eigenvalue weighted by atomic mass is 16.6. The molecule has 0 spiro atoms. The smallest absolute Gasteiger partial charge is 0.410 e. The van der Waals surface area contributed by atoms with Crippen LogP contribution in [0.5, 0.6) is 0 Å². The van der Waals surface area contributed by atoms with Gasteiger partial charge in [-0.3, -0.25) is 4.90 Å². The average molecular weight is 327 g/mol. The Hall–Kier alpha value is -0.850. The highest BCUT2D eigenvalue weighted by molar-refractivity contribution is 5.68. The Morgan fingerprint density at radius 2 is 1.57 bits per heavy atom. The van der Waals surface area contributed by atoms with Crippen molar-refractivity contribution < 1.29 is 14.6 Å². The van der Waals surface area contributed by atoms with Gasteiger partial charge >= 0.3 is 6.09 Å². The van der Waals surface area contributed by atoms with Crippen LogP contribution >= 0.6 is 0 Å². The molecule has 0 unspecified atom stereocenters. The molecule has 0 radical (unpaired) electrons. The first-order valence-electron chi connectivity index (χ1n) is 8.86. The number of hydrogen-bond donors (Lipinski definition) is 1. The number of ether oxygens (including phenoxy) is 1. The monoisotopic (exact) mass is 327 g/mol. The third-order valence-corrected chi connectivity index (χ3v) is 4.78. The molecule has 2 aliphatic heterocycles. The summed E-state index contributed by atoms with van der Waals surface area (Å²) in [6, 6.07) is 0. The van der Waals surface area contributed by atoms with Gasteiger partial charge in [0, 0.05) is 45.8 Å². The number of β-amino-alcohol motifs (C(OH)–C–C–N with tert-alkyl or cyclic N) is 1. The molecule has 6 nitrogen and oxygen atoms in total. The van der Waals surface area contributed by atoms with Crippen LogP contribution in [0.15, 0.2) is 0 Å². The van der Waals surface area contributed by atoms with Gasteiger partial charge in [0.15, 0.2) is 0 Å². The van der Waals surface area contributed by atoms with E-state index < -0.39 is 11.2 Å². The van der Waals surface area contributed by atoms with Gasteiger partial charge in [0.25, 0.3) is 0 Å². The van der Waals surface area contributed by atoms with Crippen LogP contribution in [0.3, 0.4) is 0 Å². The number of aliphatic hydroxyl groups is 1. The number of nitrogens with zero attached hydrogens (tertiary/aromatic N) is 3. The maximum atomic E-state index is 12.1. The number of piperazine rings is 1. The molecule has 2 heterocycles. The first-order valence-corrected chi connectivity index (χ1v) is 8.86. The Balaban J connectivity index is 1.77. The lowest BCUT2D eigenvalue weighted by Gasteiger charge is -2.43. The van der Waals surface area contributed by atoms with E-state index >= 15 is 0 Å². The molecule has 23 heavy (non-hydrogen) atoms. The minimum Gasteiger partial charge on any atom is -0.444 e. The van der Waals surface area contributed by atoms with E-state index in [0.717, 1.165) is 32.7 Å². The third kappa shape index (κ3) is 5.62. The summed E-state index contributed by atoms with van der Waals surface area (Å²) in [6.07, 6.45) is 0.983.